The Morgan fingerprint density at radius 2 is 1.87 bits per heavy atom. The topological polar surface area (TPSA) is 116 Å². The second kappa shape index (κ2) is 9.94. The number of hydrogen-bond donors (Lipinski definition) is 3. The molecule has 136 valence electrons. The van der Waals surface area contributed by atoms with Gasteiger partial charge in [-0.25, -0.2) is 4.68 Å². The van der Waals surface area contributed by atoms with Crippen molar-refractivity contribution in [1.29, 1.82) is 0 Å². The van der Waals surface area contributed by atoms with Gasteiger partial charge in [-0.1, -0.05) is 19.1 Å². The predicted octanol–water partition coefficient (Wildman–Crippen LogP) is 2.35. The summed E-state index contributed by atoms with van der Waals surface area (Å²) in [5.74, 6) is 0. The summed E-state index contributed by atoms with van der Waals surface area (Å²) in [6.07, 6.45) is 3.86. The monoisotopic (exact) mass is 332 g/mol. The second-order valence-corrected chi connectivity index (χ2v) is 7.18. The number of aromatic nitrogens is 3. The highest BCUT2D eigenvalue weighted by atomic mass is 17.0. The summed E-state index contributed by atoms with van der Waals surface area (Å²) in [4.78, 5) is 0. The van der Waals surface area contributed by atoms with E-state index in [2.05, 4.69) is 38.0 Å². The van der Waals surface area contributed by atoms with Crippen LogP contribution < -0.4 is 5.73 Å². The molecule has 8 nitrogen and oxygen atoms in total. The Kier molecular flexibility index (Phi) is 9.48. The summed E-state index contributed by atoms with van der Waals surface area (Å²) in [6.45, 7) is 13.2. The molecule has 23 heavy (non-hydrogen) atoms. The fourth-order valence-corrected chi connectivity index (χ4v) is 2.69. The van der Waals surface area contributed by atoms with Gasteiger partial charge in [-0.15, -0.1) is 5.10 Å². The molecule has 4 N–H and O–H groups in total. The Morgan fingerprint density at radius 3 is 2.39 bits per heavy atom. The molecule has 0 amide bonds. The number of nitrogens with zero attached hydrogens (tertiary/aromatic N) is 3. The number of hydrogen-bond acceptors (Lipinski definition) is 7. The average Bonchev–Trinajstić information content (AvgIpc) is 2.83. The molecule has 0 aliphatic carbocycles. The molecule has 0 saturated heterocycles. The van der Waals surface area contributed by atoms with E-state index < -0.39 is 0 Å². The van der Waals surface area contributed by atoms with Crippen LogP contribution in [0.25, 0.3) is 0 Å². The number of ether oxygens (including phenoxy) is 2. The van der Waals surface area contributed by atoms with Crippen LogP contribution in [0.15, 0.2) is 6.20 Å². The van der Waals surface area contributed by atoms with Crippen LogP contribution in [-0.2, 0) is 22.6 Å². The van der Waals surface area contributed by atoms with E-state index in [0.717, 1.165) is 18.5 Å². The Bertz CT molecular complexity index is 433. The van der Waals surface area contributed by atoms with Crippen molar-refractivity contribution < 1.29 is 20.0 Å². The molecule has 0 radical (unpaired) electrons. The zero-order valence-electron chi connectivity index (χ0n) is 15.1. The molecule has 0 aromatic carbocycles. The first-order valence-electron chi connectivity index (χ1n) is 7.68. The molecule has 0 atom stereocenters. The summed E-state index contributed by atoms with van der Waals surface area (Å²) < 4.78 is 12.8. The van der Waals surface area contributed by atoms with Crippen molar-refractivity contribution in [2.45, 2.75) is 72.8 Å². The van der Waals surface area contributed by atoms with Crippen molar-refractivity contribution in [1.82, 2.24) is 15.0 Å². The molecular weight excluding hydrogens is 300 g/mol. The van der Waals surface area contributed by atoms with Gasteiger partial charge in [0.15, 0.2) is 0 Å². The highest BCUT2D eigenvalue weighted by Gasteiger charge is 2.30. The lowest BCUT2D eigenvalue weighted by molar-refractivity contribution is -0.176. The molecular formula is C15H32N4O4. The van der Waals surface area contributed by atoms with E-state index in [1.54, 1.807) is 4.68 Å². The predicted molar refractivity (Wildman–Crippen MR) is 87.8 cm³/mol. The van der Waals surface area contributed by atoms with Gasteiger partial charge in [-0.3, -0.25) is 10.5 Å². The lowest BCUT2D eigenvalue weighted by Gasteiger charge is -2.34. The van der Waals surface area contributed by atoms with Crippen molar-refractivity contribution in [3.8, 4) is 0 Å². The third-order valence-corrected chi connectivity index (χ3v) is 3.16. The Hall–Kier alpha value is -1.06. The molecule has 1 aromatic heterocycles. The lowest BCUT2D eigenvalue weighted by atomic mass is 9.78. The zero-order chi connectivity index (χ0) is 18.1. The molecule has 8 heteroatoms. The quantitative estimate of drug-likeness (QED) is 0.361. The Morgan fingerprint density at radius 1 is 1.26 bits per heavy atom. The number of nitrogens with two attached hydrogens (primary N) is 1. The third kappa shape index (κ3) is 9.62. The highest BCUT2D eigenvalue weighted by molar-refractivity contribution is 4.98. The first-order chi connectivity index (χ1) is 10.6. The zero-order valence-corrected chi connectivity index (χ0v) is 15.1. The minimum absolute atomic E-state index is 0.0540. The first kappa shape index (κ1) is 21.9. The summed E-state index contributed by atoms with van der Waals surface area (Å²) in [6, 6.07) is 0. The summed E-state index contributed by atoms with van der Waals surface area (Å²) in [7, 11) is 0. The van der Waals surface area contributed by atoms with Crippen LogP contribution in [0, 0.1) is 5.41 Å². The molecule has 1 heterocycles. The SMILES string of the molecule is CC(C)OCn1cc(CC(C)(C)CC(C)(C)OCN)nn1.OO. The van der Waals surface area contributed by atoms with E-state index in [-0.39, 0.29) is 23.9 Å². The summed E-state index contributed by atoms with van der Waals surface area (Å²) >= 11 is 0. The van der Waals surface area contributed by atoms with Gasteiger partial charge in [-0.2, -0.15) is 0 Å². The van der Waals surface area contributed by atoms with Gasteiger partial charge in [0.25, 0.3) is 0 Å². The van der Waals surface area contributed by atoms with Gasteiger partial charge in [-0.05, 0) is 46.0 Å². The largest absolute Gasteiger partial charge is 0.361 e. The Labute approximate surface area is 138 Å². The van der Waals surface area contributed by atoms with Gasteiger partial charge in [0.1, 0.15) is 6.73 Å². The molecule has 0 fully saturated rings. The van der Waals surface area contributed by atoms with Crippen molar-refractivity contribution in [2.24, 2.45) is 11.1 Å². The van der Waals surface area contributed by atoms with Crippen molar-refractivity contribution in [2.75, 3.05) is 6.73 Å². The van der Waals surface area contributed by atoms with E-state index in [4.69, 9.17) is 25.7 Å². The standard InChI is InChI=1S/C15H30N4O2.H2O2/c1-12(2)20-11-19-8-13(17-18-19)7-14(3,4)9-15(5,6)21-10-16;1-2/h8,12H,7,9-11,16H2,1-6H3;1-2H. The third-order valence-electron chi connectivity index (χ3n) is 3.16. The molecule has 0 saturated carbocycles. The lowest BCUT2D eigenvalue weighted by Crippen LogP contribution is -2.34. The van der Waals surface area contributed by atoms with Crippen LogP contribution in [0.4, 0.5) is 0 Å². The van der Waals surface area contributed by atoms with Gasteiger partial charge in [0.05, 0.1) is 30.3 Å². The van der Waals surface area contributed by atoms with E-state index in [1.165, 1.54) is 0 Å². The summed E-state index contributed by atoms with van der Waals surface area (Å²) in [5.41, 5.74) is 6.27. The maximum absolute atomic E-state index is 6.00. The van der Waals surface area contributed by atoms with Crippen molar-refractivity contribution in [3.05, 3.63) is 11.9 Å². The minimum atomic E-state index is -0.241. The maximum atomic E-state index is 6.00. The molecule has 0 unspecified atom stereocenters. The van der Waals surface area contributed by atoms with Gasteiger partial charge >= 0.3 is 0 Å². The molecule has 1 aromatic rings. The number of rotatable bonds is 9. The van der Waals surface area contributed by atoms with Crippen molar-refractivity contribution in [3.63, 3.8) is 0 Å². The maximum Gasteiger partial charge on any atom is 0.141 e. The van der Waals surface area contributed by atoms with Gasteiger partial charge < -0.3 is 15.2 Å². The highest BCUT2D eigenvalue weighted by Crippen LogP contribution is 2.32. The fraction of sp³-hybridized carbons (Fsp3) is 0.867. The van der Waals surface area contributed by atoms with Crippen LogP contribution in [0.1, 0.15) is 53.7 Å². The van der Waals surface area contributed by atoms with Crippen molar-refractivity contribution >= 4 is 0 Å². The van der Waals surface area contributed by atoms with Gasteiger partial charge in [0.2, 0.25) is 0 Å². The average molecular weight is 332 g/mol. The first-order valence-corrected chi connectivity index (χ1v) is 7.68. The normalized spacial score (nSPS) is 12.3. The fourth-order valence-electron chi connectivity index (χ4n) is 2.69. The molecule has 0 spiro atoms. The van der Waals surface area contributed by atoms with Crippen LogP contribution >= 0.6 is 0 Å². The summed E-state index contributed by atoms with van der Waals surface area (Å²) in [5, 5.41) is 20.3. The molecule has 1 rings (SSSR count). The smallest absolute Gasteiger partial charge is 0.141 e. The van der Waals surface area contributed by atoms with Crippen LogP contribution in [0.2, 0.25) is 0 Å². The molecule has 0 aliphatic rings. The van der Waals surface area contributed by atoms with Crippen LogP contribution in [0.5, 0.6) is 0 Å². The van der Waals surface area contributed by atoms with Crippen LogP contribution in [0.3, 0.4) is 0 Å². The van der Waals surface area contributed by atoms with Gasteiger partial charge in [0, 0.05) is 0 Å². The molecule has 0 aliphatic heterocycles. The molecule has 0 bridgehead atoms. The van der Waals surface area contributed by atoms with E-state index >= 15 is 0 Å². The Balaban J connectivity index is 0.00000232. The van der Waals surface area contributed by atoms with E-state index in [0.29, 0.717) is 6.73 Å². The van der Waals surface area contributed by atoms with E-state index in [1.807, 2.05) is 20.0 Å². The van der Waals surface area contributed by atoms with Crippen LogP contribution in [-0.4, -0.2) is 43.9 Å². The second-order valence-electron chi connectivity index (χ2n) is 7.18. The minimum Gasteiger partial charge on any atom is -0.361 e. The van der Waals surface area contributed by atoms with E-state index in [9.17, 15) is 0 Å².